The van der Waals surface area contributed by atoms with Crippen LogP contribution in [0.1, 0.15) is 30.9 Å². The van der Waals surface area contributed by atoms with Gasteiger partial charge >= 0.3 is 0 Å². The molecule has 0 spiro atoms. The highest BCUT2D eigenvalue weighted by Gasteiger charge is 2.17. The molecule has 0 radical (unpaired) electrons. The van der Waals surface area contributed by atoms with E-state index in [1.54, 1.807) is 0 Å². The number of likely N-dealkylation sites (tertiary alicyclic amines) is 1. The number of aryl methyl sites for hydroxylation is 1. The molecule has 0 aromatic heterocycles. The van der Waals surface area contributed by atoms with Crippen LogP contribution in [0.25, 0.3) is 11.1 Å². The summed E-state index contributed by atoms with van der Waals surface area (Å²) in [5, 5.41) is 0. The third-order valence-corrected chi connectivity index (χ3v) is 4.72. The van der Waals surface area contributed by atoms with Crippen molar-refractivity contribution in [3.05, 3.63) is 59.7 Å². The number of rotatable bonds is 4. The average molecular weight is 294 g/mol. The van der Waals surface area contributed by atoms with E-state index in [9.17, 15) is 0 Å². The zero-order valence-corrected chi connectivity index (χ0v) is 13.5. The fraction of sp³-hybridized carbons (Fsp3) is 0.400. The lowest BCUT2D eigenvalue weighted by atomic mass is 9.97. The Balaban J connectivity index is 1.80. The van der Waals surface area contributed by atoms with Crippen LogP contribution in [0.4, 0.5) is 0 Å². The van der Waals surface area contributed by atoms with Crippen LogP contribution in [0, 0.1) is 0 Å². The maximum absolute atomic E-state index is 6.01. The molecule has 2 N–H and O–H groups in total. The van der Waals surface area contributed by atoms with Crippen molar-refractivity contribution in [3.63, 3.8) is 0 Å². The quantitative estimate of drug-likeness (QED) is 0.928. The molecule has 22 heavy (non-hydrogen) atoms. The van der Waals surface area contributed by atoms with Gasteiger partial charge in [-0.05, 0) is 54.6 Å². The molecule has 2 aromatic rings. The molecule has 1 aliphatic rings. The summed E-state index contributed by atoms with van der Waals surface area (Å²) in [6, 6.07) is 18.2. The highest BCUT2D eigenvalue weighted by atomic mass is 15.1. The topological polar surface area (TPSA) is 29.3 Å². The van der Waals surface area contributed by atoms with Crippen LogP contribution in [-0.4, -0.2) is 24.0 Å². The van der Waals surface area contributed by atoms with E-state index in [4.69, 9.17) is 5.73 Å². The van der Waals surface area contributed by atoms with Crippen LogP contribution in [0.15, 0.2) is 48.5 Å². The minimum Gasteiger partial charge on any atom is -0.328 e. The van der Waals surface area contributed by atoms with Gasteiger partial charge in [-0.1, -0.05) is 55.5 Å². The fourth-order valence-corrected chi connectivity index (χ4v) is 3.21. The summed E-state index contributed by atoms with van der Waals surface area (Å²) < 4.78 is 0. The Hall–Kier alpha value is -1.64. The SMILES string of the molecule is CCc1ccc(-c2ccccc2CN2CCC(N)CC2)cc1. The van der Waals surface area contributed by atoms with Gasteiger partial charge in [-0.3, -0.25) is 4.90 Å². The van der Waals surface area contributed by atoms with Crippen LogP contribution in [0.3, 0.4) is 0 Å². The summed E-state index contributed by atoms with van der Waals surface area (Å²) in [5.41, 5.74) is 11.5. The molecule has 0 bridgehead atoms. The van der Waals surface area contributed by atoms with Gasteiger partial charge in [0.25, 0.3) is 0 Å². The zero-order chi connectivity index (χ0) is 15.4. The average Bonchev–Trinajstić information content (AvgIpc) is 2.58. The predicted octanol–water partition coefficient (Wildman–Crippen LogP) is 3.84. The van der Waals surface area contributed by atoms with Gasteiger partial charge in [0.15, 0.2) is 0 Å². The Kier molecular flexibility index (Phi) is 4.91. The van der Waals surface area contributed by atoms with E-state index in [1.165, 1.54) is 22.3 Å². The van der Waals surface area contributed by atoms with Crippen molar-refractivity contribution in [2.45, 2.75) is 38.8 Å². The number of nitrogens with two attached hydrogens (primary N) is 1. The molecule has 0 saturated carbocycles. The largest absolute Gasteiger partial charge is 0.328 e. The minimum atomic E-state index is 0.396. The summed E-state index contributed by atoms with van der Waals surface area (Å²) in [4.78, 5) is 2.53. The van der Waals surface area contributed by atoms with Gasteiger partial charge in [0.1, 0.15) is 0 Å². The maximum Gasteiger partial charge on any atom is 0.0239 e. The fourth-order valence-electron chi connectivity index (χ4n) is 3.21. The first-order valence-electron chi connectivity index (χ1n) is 8.41. The van der Waals surface area contributed by atoms with Crippen molar-refractivity contribution in [2.75, 3.05) is 13.1 Å². The van der Waals surface area contributed by atoms with Crippen molar-refractivity contribution in [2.24, 2.45) is 5.73 Å². The summed E-state index contributed by atoms with van der Waals surface area (Å²) in [6.07, 6.45) is 3.33. The van der Waals surface area contributed by atoms with Gasteiger partial charge in [0.2, 0.25) is 0 Å². The Morgan fingerprint density at radius 3 is 2.36 bits per heavy atom. The van der Waals surface area contributed by atoms with Crippen molar-refractivity contribution in [3.8, 4) is 11.1 Å². The Morgan fingerprint density at radius 1 is 1.00 bits per heavy atom. The van der Waals surface area contributed by atoms with E-state index in [0.717, 1.165) is 38.9 Å². The zero-order valence-electron chi connectivity index (χ0n) is 13.5. The Labute approximate surface area is 134 Å². The highest BCUT2D eigenvalue weighted by Crippen LogP contribution is 2.26. The third-order valence-electron chi connectivity index (χ3n) is 4.72. The lowest BCUT2D eigenvalue weighted by Gasteiger charge is -2.30. The third kappa shape index (κ3) is 3.57. The standard InChI is InChI=1S/C20H26N2/c1-2-16-7-9-17(10-8-16)20-6-4-3-5-18(20)15-22-13-11-19(21)12-14-22/h3-10,19H,2,11-15,21H2,1H3. The van der Waals surface area contributed by atoms with Crippen LogP contribution in [0.5, 0.6) is 0 Å². The number of hydrogen-bond acceptors (Lipinski definition) is 2. The van der Waals surface area contributed by atoms with Gasteiger partial charge in [-0.15, -0.1) is 0 Å². The van der Waals surface area contributed by atoms with E-state index >= 15 is 0 Å². The second kappa shape index (κ2) is 7.08. The van der Waals surface area contributed by atoms with Crippen LogP contribution >= 0.6 is 0 Å². The first-order valence-corrected chi connectivity index (χ1v) is 8.41. The number of benzene rings is 2. The molecule has 0 aliphatic carbocycles. The molecular weight excluding hydrogens is 268 g/mol. The molecule has 116 valence electrons. The maximum atomic E-state index is 6.01. The smallest absolute Gasteiger partial charge is 0.0239 e. The van der Waals surface area contributed by atoms with Gasteiger partial charge in [0.05, 0.1) is 0 Å². The van der Waals surface area contributed by atoms with Crippen molar-refractivity contribution >= 4 is 0 Å². The van der Waals surface area contributed by atoms with E-state index in [1.807, 2.05) is 0 Å². The molecular formula is C20H26N2. The van der Waals surface area contributed by atoms with Gasteiger partial charge < -0.3 is 5.73 Å². The highest BCUT2D eigenvalue weighted by molar-refractivity contribution is 5.67. The van der Waals surface area contributed by atoms with Crippen LogP contribution in [-0.2, 0) is 13.0 Å². The van der Waals surface area contributed by atoms with Crippen molar-refractivity contribution in [1.29, 1.82) is 0 Å². The molecule has 0 atom stereocenters. The summed E-state index contributed by atoms with van der Waals surface area (Å²) >= 11 is 0. The first-order chi connectivity index (χ1) is 10.8. The van der Waals surface area contributed by atoms with Crippen molar-refractivity contribution in [1.82, 2.24) is 4.90 Å². The summed E-state index contributed by atoms with van der Waals surface area (Å²) in [7, 11) is 0. The molecule has 1 heterocycles. The Bertz CT molecular complexity index is 595. The molecule has 2 aromatic carbocycles. The molecule has 1 saturated heterocycles. The predicted molar refractivity (Wildman–Crippen MR) is 93.7 cm³/mol. The summed E-state index contributed by atoms with van der Waals surface area (Å²) in [6.45, 7) is 5.46. The molecule has 2 nitrogen and oxygen atoms in total. The normalized spacial score (nSPS) is 16.8. The molecule has 0 unspecified atom stereocenters. The first kappa shape index (κ1) is 15.3. The number of nitrogens with zero attached hydrogens (tertiary/aromatic N) is 1. The molecule has 2 heteroatoms. The second-order valence-electron chi connectivity index (χ2n) is 6.32. The molecule has 1 fully saturated rings. The van der Waals surface area contributed by atoms with Gasteiger partial charge in [-0.2, -0.15) is 0 Å². The number of piperidine rings is 1. The number of hydrogen-bond donors (Lipinski definition) is 1. The monoisotopic (exact) mass is 294 g/mol. The molecule has 0 amide bonds. The minimum absolute atomic E-state index is 0.396. The lowest BCUT2D eigenvalue weighted by Crippen LogP contribution is -2.39. The van der Waals surface area contributed by atoms with E-state index in [0.29, 0.717) is 6.04 Å². The van der Waals surface area contributed by atoms with Gasteiger partial charge in [-0.25, -0.2) is 0 Å². The van der Waals surface area contributed by atoms with E-state index in [-0.39, 0.29) is 0 Å². The van der Waals surface area contributed by atoms with E-state index < -0.39 is 0 Å². The Morgan fingerprint density at radius 2 is 1.68 bits per heavy atom. The van der Waals surface area contributed by atoms with Crippen molar-refractivity contribution < 1.29 is 0 Å². The lowest BCUT2D eigenvalue weighted by molar-refractivity contribution is 0.206. The van der Waals surface area contributed by atoms with Crippen LogP contribution in [0.2, 0.25) is 0 Å². The molecule has 1 aliphatic heterocycles. The van der Waals surface area contributed by atoms with E-state index in [2.05, 4.69) is 60.4 Å². The second-order valence-corrected chi connectivity index (χ2v) is 6.32. The molecule has 3 rings (SSSR count). The van der Waals surface area contributed by atoms with Gasteiger partial charge in [0, 0.05) is 12.6 Å². The summed E-state index contributed by atoms with van der Waals surface area (Å²) in [5.74, 6) is 0. The van der Waals surface area contributed by atoms with Crippen LogP contribution < -0.4 is 5.73 Å².